The van der Waals surface area contributed by atoms with Gasteiger partial charge in [0.15, 0.2) is 0 Å². The van der Waals surface area contributed by atoms with Gasteiger partial charge in [0.2, 0.25) is 5.91 Å². The largest absolute Gasteiger partial charge is 0.392 e. The van der Waals surface area contributed by atoms with Crippen LogP contribution in [-0.2, 0) is 11.3 Å². The zero-order valence-electron chi connectivity index (χ0n) is 14.5. The maximum Gasteiger partial charge on any atom is 0.251 e. The van der Waals surface area contributed by atoms with E-state index in [1.807, 2.05) is 44.2 Å². The van der Waals surface area contributed by atoms with Crippen LogP contribution in [0.4, 0.5) is 5.69 Å². The van der Waals surface area contributed by atoms with Gasteiger partial charge in [0.25, 0.3) is 5.91 Å². The molecular weight excluding hydrogens is 316 g/mol. The minimum Gasteiger partial charge on any atom is -0.392 e. The summed E-state index contributed by atoms with van der Waals surface area (Å²) < 4.78 is 0. The number of nitrogens with one attached hydrogen (secondary N) is 2. The second-order valence-corrected chi connectivity index (χ2v) is 6.31. The molecule has 0 saturated carbocycles. The summed E-state index contributed by atoms with van der Waals surface area (Å²) in [6, 6.07) is 16.4. The van der Waals surface area contributed by atoms with Crippen molar-refractivity contribution in [1.29, 1.82) is 0 Å². The van der Waals surface area contributed by atoms with E-state index in [1.165, 1.54) is 0 Å². The molecular formula is C20H24N2O3. The van der Waals surface area contributed by atoms with E-state index in [0.717, 1.165) is 5.56 Å². The number of anilines is 1. The maximum atomic E-state index is 12.3. The van der Waals surface area contributed by atoms with Gasteiger partial charge >= 0.3 is 0 Å². The molecule has 132 valence electrons. The molecule has 0 spiro atoms. The Hall–Kier alpha value is -2.66. The number of amides is 2. The average molecular weight is 340 g/mol. The molecule has 5 nitrogen and oxygen atoms in total. The lowest BCUT2D eigenvalue weighted by Crippen LogP contribution is -2.24. The predicted molar refractivity (Wildman–Crippen MR) is 98.1 cm³/mol. The number of carbonyl (C=O) groups excluding carboxylic acids is 2. The highest BCUT2D eigenvalue weighted by atomic mass is 16.3. The van der Waals surface area contributed by atoms with E-state index in [9.17, 15) is 14.7 Å². The number of hydrogen-bond donors (Lipinski definition) is 3. The molecule has 1 unspecified atom stereocenters. The minimum atomic E-state index is -0.683. The van der Waals surface area contributed by atoms with Crippen LogP contribution >= 0.6 is 0 Å². The van der Waals surface area contributed by atoms with Crippen molar-refractivity contribution >= 4 is 17.5 Å². The number of benzene rings is 2. The van der Waals surface area contributed by atoms with E-state index >= 15 is 0 Å². The van der Waals surface area contributed by atoms with Crippen molar-refractivity contribution in [2.45, 2.75) is 32.9 Å². The first-order chi connectivity index (χ1) is 12.0. The molecule has 0 aliphatic heterocycles. The van der Waals surface area contributed by atoms with Crippen molar-refractivity contribution in [1.82, 2.24) is 5.32 Å². The third-order valence-corrected chi connectivity index (χ3v) is 3.87. The average Bonchev–Trinajstić information content (AvgIpc) is 2.60. The monoisotopic (exact) mass is 340 g/mol. The molecule has 2 rings (SSSR count). The topological polar surface area (TPSA) is 78.4 Å². The smallest absolute Gasteiger partial charge is 0.251 e. The highest BCUT2D eigenvalue weighted by molar-refractivity contribution is 5.97. The minimum absolute atomic E-state index is 0.0147. The molecule has 0 bridgehead atoms. The van der Waals surface area contributed by atoms with Crippen LogP contribution in [-0.4, -0.2) is 23.0 Å². The number of carbonyl (C=O) groups is 2. The predicted octanol–water partition coefficient (Wildman–Crippen LogP) is 2.96. The molecule has 1 atom stereocenters. The SMILES string of the molecule is CC(C)C(O)CC(=O)Nc1cccc(C(=O)NCc2ccccc2)c1. The lowest BCUT2D eigenvalue weighted by atomic mass is 10.0. The molecule has 2 aromatic rings. The van der Waals surface area contributed by atoms with Gasteiger partial charge in [-0.2, -0.15) is 0 Å². The second kappa shape index (κ2) is 8.99. The Bertz CT molecular complexity index is 714. The van der Waals surface area contributed by atoms with Gasteiger partial charge in [-0.05, 0) is 29.7 Å². The molecule has 2 amide bonds. The lowest BCUT2D eigenvalue weighted by molar-refractivity contribution is -0.118. The van der Waals surface area contributed by atoms with E-state index in [0.29, 0.717) is 17.8 Å². The van der Waals surface area contributed by atoms with Crippen molar-refractivity contribution in [3.63, 3.8) is 0 Å². The third-order valence-electron chi connectivity index (χ3n) is 3.87. The summed E-state index contributed by atoms with van der Waals surface area (Å²) in [7, 11) is 0. The van der Waals surface area contributed by atoms with Crippen molar-refractivity contribution < 1.29 is 14.7 Å². The first-order valence-electron chi connectivity index (χ1n) is 8.36. The van der Waals surface area contributed by atoms with Gasteiger partial charge in [-0.25, -0.2) is 0 Å². The van der Waals surface area contributed by atoms with Gasteiger partial charge < -0.3 is 15.7 Å². The number of aliphatic hydroxyl groups is 1. The zero-order chi connectivity index (χ0) is 18.2. The third kappa shape index (κ3) is 6.04. The van der Waals surface area contributed by atoms with Crippen LogP contribution in [0.25, 0.3) is 0 Å². The fourth-order valence-electron chi connectivity index (χ4n) is 2.26. The first-order valence-corrected chi connectivity index (χ1v) is 8.36. The van der Waals surface area contributed by atoms with Gasteiger partial charge in [0, 0.05) is 17.8 Å². The number of aliphatic hydroxyl groups excluding tert-OH is 1. The fourth-order valence-corrected chi connectivity index (χ4v) is 2.26. The van der Waals surface area contributed by atoms with Crippen molar-refractivity contribution in [3.05, 3.63) is 65.7 Å². The summed E-state index contributed by atoms with van der Waals surface area (Å²) in [6.45, 7) is 4.15. The molecule has 0 radical (unpaired) electrons. The molecule has 0 aliphatic rings. The van der Waals surface area contributed by atoms with E-state index in [-0.39, 0.29) is 24.2 Å². The van der Waals surface area contributed by atoms with Crippen molar-refractivity contribution in [3.8, 4) is 0 Å². The molecule has 0 heterocycles. The van der Waals surface area contributed by atoms with Gasteiger partial charge in [0.1, 0.15) is 0 Å². The van der Waals surface area contributed by atoms with E-state index in [1.54, 1.807) is 24.3 Å². The molecule has 0 aromatic heterocycles. The number of hydrogen-bond acceptors (Lipinski definition) is 3. The van der Waals surface area contributed by atoms with Crippen LogP contribution < -0.4 is 10.6 Å². The zero-order valence-corrected chi connectivity index (χ0v) is 14.5. The van der Waals surface area contributed by atoms with Gasteiger partial charge in [-0.15, -0.1) is 0 Å². The lowest BCUT2D eigenvalue weighted by Gasteiger charge is -2.14. The highest BCUT2D eigenvalue weighted by Gasteiger charge is 2.15. The van der Waals surface area contributed by atoms with Gasteiger partial charge in [0.05, 0.1) is 12.5 Å². The van der Waals surface area contributed by atoms with Gasteiger partial charge in [-0.3, -0.25) is 9.59 Å². The van der Waals surface area contributed by atoms with Crippen molar-refractivity contribution in [2.75, 3.05) is 5.32 Å². The van der Waals surface area contributed by atoms with Crippen LogP contribution in [0.3, 0.4) is 0 Å². The molecule has 3 N–H and O–H groups in total. The Labute approximate surface area is 148 Å². The van der Waals surface area contributed by atoms with Crippen LogP contribution in [0.1, 0.15) is 36.2 Å². The summed E-state index contributed by atoms with van der Waals surface area (Å²) in [6.07, 6.45) is -0.653. The summed E-state index contributed by atoms with van der Waals surface area (Å²) in [5, 5.41) is 15.3. The van der Waals surface area contributed by atoms with Crippen LogP contribution in [0.2, 0.25) is 0 Å². The van der Waals surface area contributed by atoms with E-state index in [4.69, 9.17) is 0 Å². The standard InChI is InChI=1S/C20H24N2O3/c1-14(2)18(23)12-19(24)22-17-10-6-9-16(11-17)20(25)21-13-15-7-4-3-5-8-15/h3-11,14,18,23H,12-13H2,1-2H3,(H,21,25)(H,22,24). The van der Waals surface area contributed by atoms with Crippen LogP contribution in [0.15, 0.2) is 54.6 Å². The Kier molecular flexibility index (Phi) is 6.71. The second-order valence-electron chi connectivity index (χ2n) is 6.31. The number of rotatable bonds is 7. The molecule has 25 heavy (non-hydrogen) atoms. The summed E-state index contributed by atoms with van der Waals surface area (Å²) >= 11 is 0. The Balaban J connectivity index is 1.93. The quantitative estimate of drug-likeness (QED) is 0.725. The van der Waals surface area contributed by atoms with E-state index < -0.39 is 6.10 Å². The molecule has 0 saturated heterocycles. The van der Waals surface area contributed by atoms with Crippen LogP contribution in [0, 0.1) is 5.92 Å². The summed E-state index contributed by atoms with van der Waals surface area (Å²) in [5.41, 5.74) is 2.02. The van der Waals surface area contributed by atoms with E-state index in [2.05, 4.69) is 10.6 Å². The molecule has 0 fully saturated rings. The molecule has 5 heteroatoms. The normalized spacial score (nSPS) is 11.8. The fraction of sp³-hybridized carbons (Fsp3) is 0.300. The summed E-state index contributed by atoms with van der Waals surface area (Å²) in [5.74, 6) is -0.467. The Morgan fingerprint density at radius 3 is 2.44 bits per heavy atom. The first kappa shape index (κ1) is 18.7. The Morgan fingerprint density at radius 1 is 1.04 bits per heavy atom. The van der Waals surface area contributed by atoms with Crippen molar-refractivity contribution in [2.24, 2.45) is 5.92 Å². The maximum absolute atomic E-state index is 12.3. The molecule has 0 aliphatic carbocycles. The molecule has 2 aromatic carbocycles. The summed E-state index contributed by atoms with van der Waals surface area (Å²) in [4.78, 5) is 24.2. The Morgan fingerprint density at radius 2 is 1.76 bits per heavy atom. The van der Waals surface area contributed by atoms with Crippen LogP contribution in [0.5, 0.6) is 0 Å². The van der Waals surface area contributed by atoms with Gasteiger partial charge in [-0.1, -0.05) is 50.2 Å². The highest BCUT2D eigenvalue weighted by Crippen LogP contribution is 2.13.